The van der Waals surface area contributed by atoms with Crippen LogP contribution < -0.4 is 10.2 Å². The van der Waals surface area contributed by atoms with Gasteiger partial charge in [-0.05, 0) is 31.4 Å². The Morgan fingerprint density at radius 1 is 1.29 bits per heavy atom. The molecular weight excluding hydrogens is 284 g/mol. The van der Waals surface area contributed by atoms with Crippen molar-refractivity contribution in [2.75, 3.05) is 24.2 Å². The van der Waals surface area contributed by atoms with Gasteiger partial charge in [0, 0.05) is 31.4 Å². The molecule has 0 radical (unpaired) electrons. The number of benzene rings is 1. The molecule has 5 heteroatoms. The van der Waals surface area contributed by atoms with Crippen LogP contribution in [-0.4, -0.2) is 39.8 Å². The summed E-state index contributed by atoms with van der Waals surface area (Å²) in [6.07, 6.45) is 4.73. The summed E-state index contributed by atoms with van der Waals surface area (Å²) in [5.41, 5.74) is 0.857. The van der Waals surface area contributed by atoms with Crippen LogP contribution >= 0.6 is 0 Å². The SMILES string of the molecule is CC(C)NCC1CCCCN1c1ccccc1S(C)(=O)=O. The molecule has 1 fully saturated rings. The zero-order valence-electron chi connectivity index (χ0n) is 13.2. The van der Waals surface area contributed by atoms with Crippen molar-refractivity contribution in [1.29, 1.82) is 0 Å². The minimum Gasteiger partial charge on any atom is -0.366 e. The Morgan fingerprint density at radius 2 is 2.00 bits per heavy atom. The number of anilines is 1. The third kappa shape index (κ3) is 4.20. The highest BCUT2D eigenvalue weighted by atomic mass is 32.2. The van der Waals surface area contributed by atoms with Gasteiger partial charge < -0.3 is 10.2 Å². The van der Waals surface area contributed by atoms with E-state index in [1.807, 2.05) is 12.1 Å². The molecule has 1 aromatic rings. The number of nitrogens with one attached hydrogen (secondary N) is 1. The average molecular weight is 310 g/mol. The third-order valence-electron chi connectivity index (χ3n) is 3.96. The summed E-state index contributed by atoms with van der Waals surface area (Å²) < 4.78 is 24.1. The molecule has 1 unspecified atom stereocenters. The number of sulfone groups is 1. The molecular formula is C16H26N2O2S. The predicted octanol–water partition coefficient (Wildman–Crippen LogP) is 2.45. The fourth-order valence-corrected chi connectivity index (χ4v) is 3.80. The summed E-state index contributed by atoms with van der Waals surface area (Å²) in [6, 6.07) is 8.18. The summed E-state index contributed by atoms with van der Waals surface area (Å²) in [5, 5.41) is 3.48. The Balaban J connectivity index is 2.29. The molecule has 1 N–H and O–H groups in total. The summed E-state index contributed by atoms with van der Waals surface area (Å²) in [4.78, 5) is 2.72. The van der Waals surface area contributed by atoms with E-state index in [1.54, 1.807) is 12.1 Å². The second-order valence-electron chi connectivity index (χ2n) is 6.15. The Bertz CT molecular complexity index is 569. The van der Waals surface area contributed by atoms with Gasteiger partial charge in [0.2, 0.25) is 0 Å². The first-order chi connectivity index (χ1) is 9.89. The summed E-state index contributed by atoms with van der Waals surface area (Å²) >= 11 is 0. The van der Waals surface area contributed by atoms with Gasteiger partial charge in [-0.3, -0.25) is 0 Å². The largest absolute Gasteiger partial charge is 0.366 e. The molecule has 1 aliphatic rings. The number of hydrogen-bond donors (Lipinski definition) is 1. The van der Waals surface area contributed by atoms with Gasteiger partial charge in [-0.2, -0.15) is 0 Å². The van der Waals surface area contributed by atoms with Crippen molar-refractivity contribution in [3.8, 4) is 0 Å². The van der Waals surface area contributed by atoms with Crippen LogP contribution in [0.5, 0.6) is 0 Å². The summed E-state index contributed by atoms with van der Waals surface area (Å²) in [7, 11) is -3.20. The third-order valence-corrected chi connectivity index (χ3v) is 5.11. The van der Waals surface area contributed by atoms with Crippen LogP contribution in [-0.2, 0) is 9.84 Å². The number of hydrogen-bond acceptors (Lipinski definition) is 4. The zero-order chi connectivity index (χ0) is 15.5. The average Bonchev–Trinajstić information content (AvgIpc) is 2.44. The topological polar surface area (TPSA) is 49.4 Å². The first-order valence-corrected chi connectivity index (χ1v) is 9.58. The molecule has 0 spiro atoms. The predicted molar refractivity (Wildman–Crippen MR) is 87.7 cm³/mol. The van der Waals surface area contributed by atoms with Gasteiger partial charge in [0.15, 0.2) is 9.84 Å². The fraction of sp³-hybridized carbons (Fsp3) is 0.625. The van der Waals surface area contributed by atoms with Crippen molar-refractivity contribution < 1.29 is 8.42 Å². The first kappa shape index (κ1) is 16.3. The molecule has 4 nitrogen and oxygen atoms in total. The number of para-hydroxylation sites is 1. The Kier molecular flexibility index (Phi) is 5.27. The van der Waals surface area contributed by atoms with Crippen molar-refractivity contribution >= 4 is 15.5 Å². The molecule has 2 rings (SSSR count). The van der Waals surface area contributed by atoms with Crippen LogP contribution in [0.4, 0.5) is 5.69 Å². The molecule has 1 aromatic carbocycles. The van der Waals surface area contributed by atoms with E-state index >= 15 is 0 Å². The zero-order valence-corrected chi connectivity index (χ0v) is 14.0. The molecule has 118 valence electrons. The number of rotatable bonds is 5. The monoisotopic (exact) mass is 310 g/mol. The first-order valence-electron chi connectivity index (χ1n) is 7.68. The smallest absolute Gasteiger partial charge is 0.177 e. The van der Waals surface area contributed by atoms with Gasteiger partial charge >= 0.3 is 0 Å². The summed E-state index contributed by atoms with van der Waals surface area (Å²) in [6.45, 7) is 6.10. The Morgan fingerprint density at radius 3 is 2.67 bits per heavy atom. The second-order valence-corrected chi connectivity index (χ2v) is 8.13. The van der Waals surface area contributed by atoms with E-state index in [0.29, 0.717) is 17.0 Å². The van der Waals surface area contributed by atoms with Crippen LogP contribution in [0.15, 0.2) is 29.2 Å². The van der Waals surface area contributed by atoms with E-state index in [2.05, 4.69) is 24.1 Å². The van der Waals surface area contributed by atoms with Crippen molar-refractivity contribution in [2.24, 2.45) is 0 Å². The molecule has 0 amide bonds. The lowest BCUT2D eigenvalue weighted by Crippen LogP contribution is -2.47. The van der Waals surface area contributed by atoms with E-state index in [9.17, 15) is 8.42 Å². The Labute approximate surface area is 128 Å². The highest BCUT2D eigenvalue weighted by Gasteiger charge is 2.26. The molecule has 21 heavy (non-hydrogen) atoms. The van der Waals surface area contributed by atoms with E-state index in [-0.39, 0.29) is 0 Å². The highest BCUT2D eigenvalue weighted by molar-refractivity contribution is 7.90. The van der Waals surface area contributed by atoms with E-state index < -0.39 is 9.84 Å². The van der Waals surface area contributed by atoms with Crippen molar-refractivity contribution in [1.82, 2.24) is 5.32 Å². The molecule has 1 atom stereocenters. The minimum absolute atomic E-state index is 0.365. The van der Waals surface area contributed by atoms with Gasteiger partial charge in [-0.25, -0.2) is 8.42 Å². The Hall–Kier alpha value is -1.07. The highest BCUT2D eigenvalue weighted by Crippen LogP contribution is 2.30. The van der Waals surface area contributed by atoms with Gasteiger partial charge in [0.1, 0.15) is 0 Å². The lowest BCUT2D eigenvalue weighted by molar-refractivity contribution is 0.419. The molecule has 0 aromatic heterocycles. The lowest BCUT2D eigenvalue weighted by Gasteiger charge is -2.39. The van der Waals surface area contributed by atoms with Crippen LogP contribution in [0.1, 0.15) is 33.1 Å². The lowest BCUT2D eigenvalue weighted by atomic mass is 10.0. The van der Waals surface area contributed by atoms with Crippen LogP contribution in [0.3, 0.4) is 0 Å². The number of nitrogens with zero attached hydrogens (tertiary/aromatic N) is 1. The molecule has 0 bridgehead atoms. The molecule has 0 saturated carbocycles. The van der Waals surface area contributed by atoms with Crippen LogP contribution in [0.2, 0.25) is 0 Å². The minimum atomic E-state index is -3.20. The maximum Gasteiger partial charge on any atom is 0.177 e. The molecule has 0 aliphatic carbocycles. The van der Waals surface area contributed by atoms with Gasteiger partial charge in [-0.1, -0.05) is 26.0 Å². The molecule has 1 heterocycles. The number of piperidine rings is 1. The maximum atomic E-state index is 12.0. The van der Waals surface area contributed by atoms with Gasteiger partial charge in [0.25, 0.3) is 0 Å². The van der Waals surface area contributed by atoms with Crippen LogP contribution in [0.25, 0.3) is 0 Å². The molecule has 1 saturated heterocycles. The second kappa shape index (κ2) is 6.79. The van der Waals surface area contributed by atoms with Crippen molar-refractivity contribution in [3.05, 3.63) is 24.3 Å². The maximum absolute atomic E-state index is 12.0. The van der Waals surface area contributed by atoms with Crippen molar-refractivity contribution in [2.45, 2.75) is 50.1 Å². The van der Waals surface area contributed by atoms with Gasteiger partial charge in [-0.15, -0.1) is 0 Å². The fourth-order valence-electron chi connectivity index (χ4n) is 2.91. The standard InChI is InChI=1S/C16H26N2O2S/c1-13(2)17-12-14-8-6-7-11-18(14)15-9-4-5-10-16(15)21(3,19)20/h4-5,9-10,13-14,17H,6-8,11-12H2,1-3H3. The molecule has 1 aliphatic heterocycles. The van der Waals surface area contributed by atoms with Crippen LogP contribution in [0, 0.1) is 0 Å². The summed E-state index contributed by atoms with van der Waals surface area (Å²) in [5.74, 6) is 0. The quantitative estimate of drug-likeness (QED) is 0.907. The van der Waals surface area contributed by atoms with E-state index in [0.717, 1.165) is 31.6 Å². The van der Waals surface area contributed by atoms with Gasteiger partial charge in [0.05, 0.1) is 10.6 Å². The van der Waals surface area contributed by atoms with E-state index in [1.165, 1.54) is 12.7 Å². The normalized spacial score (nSPS) is 20.0. The van der Waals surface area contributed by atoms with Crippen molar-refractivity contribution in [3.63, 3.8) is 0 Å². The van der Waals surface area contributed by atoms with E-state index in [4.69, 9.17) is 0 Å².